The van der Waals surface area contributed by atoms with Gasteiger partial charge in [0.15, 0.2) is 0 Å². The van der Waals surface area contributed by atoms with E-state index >= 15 is 0 Å². The smallest absolute Gasteiger partial charge is 0.142 e. The van der Waals surface area contributed by atoms with Gasteiger partial charge in [0.05, 0.1) is 11.6 Å². The number of hydrogen-bond donors (Lipinski definition) is 1. The molecule has 100 valence electrons. The predicted octanol–water partition coefficient (Wildman–Crippen LogP) is 3.82. The molecule has 1 N–H and O–H groups in total. The van der Waals surface area contributed by atoms with Crippen molar-refractivity contribution in [1.29, 1.82) is 0 Å². The molecule has 1 aliphatic rings. The second-order valence-corrected chi connectivity index (χ2v) is 5.46. The largest absolute Gasteiger partial charge is 0.381 e. The summed E-state index contributed by atoms with van der Waals surface area (Å²) in [7, 11) is 0. The molecule has 2 atom stereocenters. The lowest BCUT2D eigenvalue weighted by Gasteiger charge is -2.18. The highest BCUT2D eigenvalue weighted by Gasteiger charge is 2.18. The third-order valence-electron chi connectivity index (χ3n) is 3.24. The Bertz CT molecular complexity index is 422. The molecule has 1 aliphatic heterocycles. The van der Waals surface area contributed by atoms with Gasteiger partial charge in [0, 0.05) is 24.2 Å². The van der Waals surface area contributed by atoms with Crippen LogP contribution in [0.4, 0.5) is 4.39 Å². The summed E-state index contributed by atoms with van der Waals surface area (Å²) in [5.74, 6) is 0.0947. The first kappa shape index (κ1) is 14.1. The SMILES string of the molecule is CC(NCC1CCOC1)c1cc(F)c(Cl)cc1Cl. The first-order valence-corrected chi connectivity index (χ1v) is 6.79. The summed E-state index contributed by atoms with van der Waals surface area (Å²) in [4.78, 5) is 0. The Morgan fingerprint density at radius 1 is 1.44 bits per heavy atom. The van der Waals surface area contributed by atoms with E-state index in [4.69, 9.17) is 27.9 Å². The highest BCUT2D eigenvalue weighted by Crippen LogP contribution is 2.28. The Hall–Kier alpha value is -0.350. The first-order valence-electron chi connectivity index (χ1n) is 6.03. The summed E-state index contributed by atoms with van der Waals surface area (Å²) in [6, 6.07) is 2.84. The van der Waals surface area contributed by atoms with Crippen LogP contribution < -0.4 is 5.32 Å². The Labute approximate surface area is 116 Å². The van der Waals surface area contributed by atoms with Crippen LogP contribution in [0.25, 0.3) is 0 Å². The molecule has 1 saturated heterocycles. The van der Waals surface area contributed by atoms with Crippen LogP contribution in [0.15, 0.2) is 12.1 Å². The molecule has 18 heavy (non-hydrogen) atoms. The average molecular weight is 292 g/mol. The van der Waals surface area contributed by atoms with Crippen LogP contribution in [-0.4, -0.2) is 19.8 Å². The van der Waals surface area contributed by atoms with E-state index in [0.717, 1.165) is 31.7 Å². The van der Waals surface area contributed by atoms with Crippen LogP contribution >= 0.6 is 23.2 Å². The second-order valence-electron chi connectivity index (χ2n) is 4.65. The molecule has 1 heterocycles. The van der Waals surface area contributed by atoms with Crippen molar-refractivity contribution in [2.75, 3.05) is 19.8 Å². The minimum Gasteiger partial charge on any atom is -0.381 e. The molecular formula is C13H16Cl2FNO. The van der Waals surface area contributed by atoms with Gasteiger partial charge in [-0.15, -0.1) is 0 Å². The number of ether oxygens (including phenoxy) is 1. The van der Waals surface area contributed by atoms with Gasteiger partial charge in [-0.2, -0.15) is 0 Å². The summed E-state index contributed by atoms with van der Waals surface area (Å²) in [6.45, 7) is 4.44. The van der Waals surface area contributed by atoms with Crippen molar-refractivity contribution in [2.45, 2.75) is 19.4 Å². The topological polar surface area (TPSA) is 21.3 Å². The summed E-state index contributed by atoms with van der Waals surface area (Å²) in [6.07, 6.45) is 1.07. The van der Waals surface area contributed by atoms with Gasteiger partial charge in [-0.3, -0.25) is 0 Å². The number of rotatable bonds is 4. The molecule has 2 unspecified atom stereocenters. The zero-order valence-electron chi connectivity index (χ0n) is 10.2. The van der Waals surface area contributed by atoms with Crippen molar-refractivity contribution < 1.29 is 9.13 Å². The lowest BCUT2D eigenvalue weighted by atomic mass is 10.1. The van der Waals surface area contributed by atoms with Gasteiger partial charge in [0.1, 0.15) is 5.82 Å². The number of nitrogens with one attached hydrogen (secondary N) is 1. The van der Waals surface area contributed by atoms with E-state index < -0.39 is 5.82 Å². The van der Waals surface area contributed by atoms with Gasteiger partial charge in [0.2, 0.25) is 0 Å². The predicted molar refractivity (Wildman–Crippen MR) is 71.8 cm³/mol. The van der Waals surface area contributed by atoms with Gasteiger partial charge < -0.3 is 10.1 Å². The number of halogens is 3. The molecule has 0 amide bonds. The fourth-order valence-corrected chi connectivity index (χ4v) is 2.61. The van der Waals surface area contributed by atoms with E-state index in [-0.39, 0.29) is 11.1 Å². The summed E-state index contributed by atoms with van der Waals surface area (Å²) in [5, 5.41) is 3.90. The molecule has 1 aromatic carbocycles. The normalized spacial score (nSPS) is 21.2. The second kappa shape index (κ2) is 6.20. The Morgan fingerprint density at radius 3 is 2.89 bits per heavy atom. The zero-order valence-corrected chi connectivity index (χ0v) is 11.7. The molecule has 1 aromatic rings. The van der Waals surface area contributed by atoms with Crippen molar-refractivity contribution >= 4 is 23.2 Å². The Morgan fingerprint density at radius 2 is 2.22 bits per heavy atom. The maximum Gasteiger partial charge on any atom is 0.142 e. The summed E-state index contributed by atoms with van der Waals surface area (Å²) < 4.78 is 18.7. The Balaban J connectivity index is 1.99. The lowest BCUT2D eigenvalue weighted by Crippen LogP contribution is -2.26. The minimum absolute atomic E-state index is 0.00938. The molecule has 0 radical (unpaired) electrons. The third-order valence-corrected chi connectivity index (χ3v) is 3.86. The molecule has 0 aliphatic carbocycles. The highest BCUT2D eigenvalue weighted by molar-refractivity contribution is 6.35. The van der Waals surface area contributed by atoms with Gasteiger partial charge in [-0.25, -0.2) is 4.39 Å². The van der Waals surface area contributed by atoms with Crippen LogP contribution in [0, 0.1) is 11.7 Å². The third kappa shape index (κ3) is 3.35. The van der Waals surface area contributed by atoms with Crippen molar-refractivity contribution in [3.63, 3.8) is 0 Å². The molecule has 5 heteroatoms. The molecule has 0 saturated carbocycles. The average Bonchev–Trinajstić information content (AvgIpc) is 2.84. The number of hydrogen-bond acceptors (Lipinski definition) is 2. The van der Waals surface area contributed by atoms with Crippen LogP contribution in [0.1, 0.15) is 24.9 Å². The number of benzene rings is 1. The quantitative estimate of drug-likeness (QED) is 0.852. The minimum atomic E-state index is -0.436. The van der Waals surface area contributed by atoms with Crippen LogP contribution in [0.2, 0.25) is 10.0 Å². The molecule has 2 nitrogen and oxygen atoms in total. The molecule has 0 bridgehead atoms. The van der Waals surface area contributed by atoms with E-state index in [1.807, 2.05) is 6.92 Å². The standard InChI is InChI=1S/C13H16Cl2FNO/c1-8(17-6-9-2-3-18-7-9)10-4-13(16)12(15)5-11(10)14/h4-5,8-9,17H,2-3,6-7H2,1H3. The highest BCUT2D eigenvalue weighted by atomic mass is 35.5. The van der Waals surface area contributed by atoms with Crippen molar-refractivity contribution in [3.8, 4) is 0 Å². The summed E-state index contributed by atoms with van der Waals surface area (Å²) >= 11 is 11.8. The van der Waals surface area contributed by atoms with E-state index in [9.17, 15) is 4.39 Å². The van der Waals surface area contributed by atoms with E-state index in [1.165, 1.54) is 12.1 Å². The lowest BCUT2D eigenvalue weighted by molar-refractivity contribution is 0.184. The molecule has 1 fully saturated rings. The van der Waals surface area contributed by atoms with E-state index in [1.54, 1.807) is 0 Å². The first-order chi connectivity index (χ1) is 8.58. The molecule has 0 spiro atoms. The van der Waals surface area contributed by atoms with Gasteiger partial charge in [-0.1, -0.05) is 23.2 Å². The fourth-order valence-electron chi connectivity index (χ4n) is 2.07. The van der Waals surface area contributed by atoms with Crippen LogP contribution in [-0.2, 0) is 4.74 Å². The Kier molecular flexibility index (Phi) is 4.84. The van der Waals surface area contributed by atoms with Crippen molar-refractivity contribution in [1.82, 2.24) is 5.32 Å². The summed E-state index contributed by atoms with van der Waals surface area (Å²) in [5.41, 5.74) is 0.734. The molecule has 0 aromatic heterocycles. The fraction of sp³-hybridized carbons (Fsp3) is 0.538. The molecular weight excluding hydrogens is 276 g/mol. The van der Waals surface area contributed by atoms with E-state index in [0.29, 0.717) is 10.9 Å². The van der Waals surface area contributed by atoms with Gasteiger partial charge in [0.25, 0.3) is 0 Å². The monoisotopic (exact) mass is 291 g/mol. The van der Waals surface area contributed by atoms with Gasteiger partial charge in [-0.05, 0) is 37.0 Å². The zero-order chi connectivity index (χ0) is 13.1. The van der Waals surface area contributed by atoms with Crippen molar-refractivity contribution in [2.24, 2.45) is 5.92 Å². The maximum absolute atomic E-state index is 13.4. The molecule has 2 rings (SSSR count). The van der Waals surface area contributed by atoms with Crippen LogP contribution in [0.3, 0.4) is 0 Å². The maximum atomic E-state index is 13.4. The van der Waals surface area contributed by atoms with Gasteiger partial charge >= 0.3 is 0 Å². The van der Waals surface area contributed by atoms with E-state index in [2.05, 4.69) is 5.32 Å². The van der Waals surface area contributed by atoms with Crippen molar-refractivity contribution in [3.05, 3.63) is 33.6 Å². The van der Waals surface area contributed by atoms with Crippen LogP contribution in [0.5, 0.6) is 0 Å².